The first kappa shape index (κ1) is 11.5. The zero-order valence-corrected chi connectivity index (χ0v) is 9.26. The Balaban J connectivity index is 2.59. The standard InChI is InChI=1S/C9H16N2O2S/c1-2-6-11(7-5-10)14(12,13)8-9-3-4-9/h9H,2-4,6-8H2,1H3. The normalized spacial score (nSPS) is 16.9. The summed E-state index contributed by atoms with van der Waals surface area (Å²) < 4.78 is 24.8. The van der Waals surface area contributed by atoms with Crippen LogP contribution >= 0.6 is 0 Å². The molecule has 0 aromatic carbocycles. The minimum atomic E-state index is -3.17. The average molecular weight is 216 g/mol. The third kappa shape index (κ3) is 3.28. The molecule has 1 aliphatic rings. The molecule has 0 N–H and O–H groups in total. The van der Waals surface area contributed by atoms with Crippen molar-refractivity contribution in [1.82, 2.24) is 4.31 Å². The molecule has 0 radical (unpaired) electrons. The van der Waals surface area contributed by atoms with Gasteiger partial charge in [-0.25, -0.2) is 8.42 Å². The van der Waals surface area contributed by atoms with Gasteiger partial charge < -0.3 is 0 Å². The predicted molar refractivity (Wildman–Crippen MR) is 54.0 cm³/mol. The zero-order valence-electron chi connectivity index (χ0n) is 8.44. The summed E-state index contributed by atoms with van der Waals surface area (Å²) >= 11 is 0. The maximum absolute atomic E-state index is 11.7. The van der Waals surface area contributed by atoms with E-state index < -0.39 is 10.0 Å². The molecule has 0 aliphatic heterocycles. The van der Waals surface area contributed by atoms with Crippen molar-refractivity contribution < 1.29 is 8.42 Å². The van der Waals surface area contributed by atoms with Crippen LogP contribution in [0.3, 0.4) is 0 Å². The van der Waals surface area contributed by atoms with Crippen LogP contribution in [0.4, 0.5) is 0 Å². The Labute approximate surface area is 85.6 Å². The summed E-state index contributed by atoms with van der Waals surface area (Å²) in [6.07, 6.45) is 2.79. The van der Waals surface area contributed by atoms with Crippen molar-refractivity contribution >= 4 is 10.0 Å². The van der Waals surface area contributed by atoms with Gasteiger partial charge in [0.05, 0.1) is 11.8 Å². The van der Waals surface area contributed by atoms with Crippen LogP contribution < -0.4 is 0 Å². The lowest BCUT2D eigenvalue weighted by molar-refractivity contribution is 0.442. The van der Waals surface area contributed by atoms with E-state index in [1.807, 2.05) is 13.0 Å². The third-order valence-electron chi connectivity index (χ3n) is 2.26. The second-order valence-corrected chi connectivity index (χ2v) is 5.73. The van der Waals surface area contributed by atoms with Crippen molar-refractivity contribution in [3.05, 3.63) is 0 Å². The van der Waals surface area contributed by atoms with Crippen molar-refractivity contribution in [2.45, 2.75) is 26.2 Å². The van der Waals surface area contributed by atoms with Crippen LogP contribution in [0.2, 0.25) is 0 Å². The van der Waals surface area contributed by atoms with Crippen LogP contribution in [-0.2, 0) is 10.0 Å². The highest BCUT2D eigenvalue weighted by atomic mass is 32.2. The quantitative estimate of drug-likeness (QED) is 0.621. The molecule has 0 saturated heterocycles. The number of sulfonamides is 1. The van der Waals surface area contributed by atoms with Crippen LogP contribution in [0.15, 0.2) is 0 Å². The zero-order chi connectivity index (χ0) is 10.6. The van der Waals surface area contributed by atoms with Crippen LogP contribution in [0.5, 0.6) is 0 Å². The maximum atomic E-state index is 11.7. The summed E-state index contributed by atoms with van der Waals surface area (Å²) in [7, 11) is -3.17. The second-order valence-electron chi connectivity index (χ2n) is 3.71. The fourth-order valence-electron chi connectivity index (χ4n) is 1.33. The lowest BCUT2D eigenvalue weighted by Crippen LogP contribution is -2.34. The lowest BCUT2D eigenvalue weighted by atomic mass is 10.5. The van der Waals surface area contributed by atoms with E-state index in [9.17, 15) is 8.42 Å². The van der Waals surface area contributed by atoms with Crippen LogP contribution in [-0.4, -0.2) is 31.6 Å². The van der Waals surface area contributed by atoms with Gasteiger partial charge in [0.2, 0.25) is 10.0 Å². The van der Waals surface area contributed by atoms with E-state index in [2.05, 4.69) is 0 Å². The van der Waals surface area contributed by atoms with Gasteiger partial charge in [-0.3, -0.25) is 0 Å². The van der Waals surface area contributed by atoms with Crippen LogP contribution in [0.1, 0.15) is 26.2 Å². The molecule has 1 saturated carbocycles. The molecule has 14 heavy (non-hydrogen) atoms. The highest BCUT2D eigenvalue weighted by Gasteiger charge is 2.31. The van der Waals surface area contributed by atoms with Gasteiger partial charge >= 0.3 is 0 Å². The number of rotatable bonds is 6. The van der Waals surface area contributed by atoms with Gasteiger partial charge in [-0.15, -0.1) is 0 Å². The van der Waals surface area contributed by atoms with E-state index in [1.54, 1.807) is 0 Å². The highest BCUT2D eigenvalue weighted by molar-refractivity contribution is 7.89. The minimum Gasteiger partial charge on any atom is -0.212 e. The fraction of sp³-hybridized carbons (Fsp3) is 0.889. The molecule has 0 bridgehead atoms. The highest BCUT2D eigenvalue weighted by Crippen LogP contribution is 2.31. The van der Waals surface area contributed by atoms with Gasteiger partial charge in [0.1, 0.15) is 6.54 Å². The first-order chi connectivity index (χ1) is 6.60. The molecule has 5 heteroatoms. The first-order valence-corrected chi connectivity index (χ1v) is 6.56. The molecule has 1 rings (SSSR count). The van der Waals surface area contributed by atoms with E-state index in [-0.39, 0.29) is 12.3 Å². The summed E-state index contributed by atoms with van der Waals surface area (Å²) in [6, 6.07) is 1.90. The summed E-state index contributed by atoms with van der Waals surface area (Å²) in [5.74, 6) is 0.576. The molecule has 0 atom stereocenters. The Kier molecular flexibility index (Phi) is 3.90. The largest absolute Gasteiger partial charge is 0.215 e. The Morgan fingerprint density at radius 3 is 2.57 bits per heavy atom. The number of nitrogens with zero attached hydrogens (tertiary/aromatic N) is 2. The molecule has 80 valence electrons. The number of nitriles is 1. The van der Waals surface area contributed by atoms with Crippen molar-refractivity contribution in [2.75, 3.05) is 18.8 Å². The molecule has 0 heterocycles. The monoisotopic (exact) mass is 216 g/mol. The van der Waals surface area contributed by atoms with Gasteiger partial charge in [0.15, 0.2) is 0 Å². The molecule has 1 aliphatic carbocycles. The number of hydrogen-bond donors (Lipinski definition) is 0. The summed E-state index contributed by atoms with van der Waals surface area (Å²) in [4.78, 5) is 0. The second kappa shape index (κ2) is 4.76. The summed E-state index contributed by atoms with van der Waals surface area (Å²) in [5, 5.41) is 8.52. The van der Waals surface area contributed by atoms with Gasteiger partial charge in [0, 0.05) is 6.54 Å². The number of hydrogen-bond acceptors (Lipinski definition) is 3. The molecule has 0 spiro atoms. The lowest BCUT2D eigenvalue weighted by Gasteiger charge is -2.17. The Morgan fingerprint density at radius 2 is 2.14 bits per heavy atom. The molecule has 0 aromatic heterocycles. The van der Waals surface area contributed by atoms with Crippen molar-refractivity contribution in [3.8, 4) is 6.07 Å². The molecule has 1 fully saturated rings. The predicted octanol–water partition coefficient (Wildman–Crippen LogP) is 0.962. The summed E-state index contributed by atoms with van der Waals surface area (Å²) in [5.41, 5.74) is 0. The van der Waals surface area contributed by atoms with Gasteiger partial charge in [0.25, 0.3) is 0 Å². The van der Waals surface area contributed by atoms with Crippen molar-refractivity contribution in [3.63, 3.8) is 0 Å². The van der Waals surface area contributed by atoms with Gasteiger partial charge in [-0.05, 0) is 25.2 Å². The van der Waals surface area contributed by atoms with Crippen LogP contribution in [0, 0.1) is 17.2 Å². The SMILES string of the molecule is CCCN(CC#N)S(=O)(=O)CC1CC1. The van der Waals surface area contributed by atoms with E-state index in [4.69, 9.17) is 5.26 Å². The summed E-state index contributed by atoms with van der Waals surface area (Å²) in [6.45, 7) is 2.36. The van der Waals surface area contributed by atoms with E-state index in [0.29, 0.717) is 12.5 Å². The smallest absolute Gasteiger partial charge is 0.212 e. The third-order valence-corrected chi connectivity index (χ3v) is 4.25. The van der Waals surface area contributed by atoms with Crippen LogP contribution in [0.25, 0.3) is 0 Å². The molecule has 0 unspecified atom stereocenters. The van der Waals surface area contributed by atoms with Crippen molar-refractivity contribution in [1.29, 1.82) is 5.26 Å². The van der Waals surface area contributed by atoms with E-state index >= 15 is 0 Å². The fourth-order valence-corrected chi connectivity index (χ4v) is 3.19. The van der Waals surface area contributed by atoms with Crippen molar-refractivity contribution in [2.24, 2.45) is 5.92 Å². The molecule has 0 aromatic rings. The molecule has 4 nitrogen and oxygen atoms in total. The van der Waals surface area contributed by atoms with Gasteiger partial charge in [-0.2, -0.15) is 9.57 Å². The first-order valence-electron chi connectivity index (χ1n) is 4.95. The average Bonchev–Trinajstić information content (AvgIpc) is 2.87. The van der Waals surface area contributed by atoms with Gasteiger partial charge in [-0.1, -0.05) is 6.92 Å². The topological polar surface area (TPSA) is 61.2 Å². The molecule has 0 amide bonds. The Hall–Kier alpha value is -0.600. The Morgan fingerprint density at radius 1 is 1.50 bits per heavy atom. The Bertz CT molecular complexity index is 314. The molecular formula is C9H16N2O2S. The minimum absolute atomic E-state index is 0.0110. The maximum Gasteiger partial charge on any atom is 0.215 e. The van der Waals surface area contributed by atoms with E-state index in [0.717, 1.165) is 19.3 Å². The van der Waals surface area contributed by atoms with E-state index in [1.165, 1.54) is 4.31 Å². The molecular weight excluding hydrogens is 200 g/mol.